The van der Waals surface area contributed by atoms with Gasteiger partial charge in [0.15, 0.2) is 0 Å². The van der Waals surface area contributed by atoms with E-state index in [1.54, 1.807) is 0 Å². The van der Waals surface area contributed by atoms with Crippen molar-refractivity contribution < 1.29 is 4.74 Å². The van der Waals surface area contributed by atoms with Crippen LogP contribution in [-0.2, 0) is 0 Å². The van der Waals surface area contributed by atoms with Gasteiger partial charge in [0.25, 0.3) is 0 Å². The monoisotopic (exact) mass is 233 g/mol. The zero-order chi connectivity index (χ0) is 12.3. The van der Waals surface area contributed by atoms with E-state index in [1.807, 2.05) is 6.07 Å². The molecule has 0 spiro atoms. The van der Waals surface area contributed by atoms with E-state index >= 15 is 0 Å². The van der Waals surface area contributed by atoms with Crippen molar-refractivity contribution in [2.24, 2.45) is 5.41 Å². The molecule has 94 valence electrons. The molecule has 0 radical (unpaired) electrons. The van der Waals surface area contributed by atoms with E-state index in [0.29, 0.717) is 11.5 Å². The second kappa shape index (κ2) is 5.09. The average molecular weight is 233 g/mol. The van der Waals surface area contributed by atoms with Crippen LogP contribution < -0.4 is 10.1 Å². The Balaban J connectivity index is 1.95. The second-order valence-electron chi connectivity index (χ2n) is 5.99. The van der Waals surface area contributed by atoms with Gasteiger partial charge in [0.2, 0.25) is 0 Å². The first-order chi connectivity index (χ1) is 8.06. The minimum atomic E-state index is 0.400. The number of ether oxygens (including phenoxy) is 1. The van der Waals surface area contributed by atoms with Crippen LogP contribution in [0.2, 0.25) is 0 Å². The van der Waals surface area contributed by atoms with Gasteiger partial charge < -0.3 is 10.1 Å². The molecule has 0 saturated carbocycles. The van der Waals surface area contributed by atoms with Gasteiger partial charge in [-0.3, -0.25) is 0 Å². The lowest BCUT2D eigenvalue weighted by Gasteiger charge is -2.28. The molecule has 1 heterocycles. The van der Waals surface area contributed by atoms with Gasteiger partial charge in [0.05, 0.1) is 6.61 Å². The van der Waals surface area contributed by atoms with Crippen LogP contribution in [0.5, 0.6) is 5.75 Å². The van der Waals surface area contributed by atoms with Gasteiger partial charge in [0.1, 0.15) is 5.75 Å². The summed E-state index contributed by atoms with van der Waals surface area (Å²) in [6.45, 7) is 8.75. The Bertz CT molecular complexity index is 367. The molecule has 1 aliphatic heterocycles. The molecule has 2 heteroatoms. The number of hydrogen-bond acceptors (Lipinski definition) is 2. The summed E-state index contributed by atoms with van der Waals surface area (Å²) < 4.78 is 5.66. The van der Waals surface area contributed by atoms with Gasteiger partial charge in [-0.15, -0.1) is 0 Å². The molecule has 0 amide bonds. The molecule has 2 nitrogen and oxygen atoms in total. The minimum Gasteiger partial charge on any atom is -0.493 e. The largest absolute Gasteiger partial charge is 0.493 e. The third-order valence-electron chi connectivity index (χ3n) is 3.22. The normalized spacial score (nSPS) is 19.6. The fourth-order valence-corrected chi connectivity index (χ4v) is 2.18. The van der Waals surface area contributed by atoms with Crippen molar-refractivity contribution in [3.63, 3.8) is 0 Å². The summed E-state index contributed by atoms with van der Waals surface area (Å²) in [4.78, 5) is 0. The van der Waals surface area contributed by atoms with Gasteiger partial charge in [-0.1, -0.05) is 39.0 Å². The van der Waals surface area contributed by atoms with Gasteiger partial charge in [-0.25, -0.2) is 0 Å². The van der Waals surface area contributed by atoms with Crippen molar-refractivity contribution in [1.29, 1.82) is 0 Å². The maximum atomic E-state index is 5.66. The number of nitrogens with one attached hydrogen (secondary N) is 1. The Morgan fingerprint density at radius 3 is 2.82 bits per heavy atom. The van der Waals surface area contributed by atoms with Crippen LogP contribution in [0, 0.1) is 5.41 Å². The van der Waals surface area contributed by atoms with Crippen LogP contribution in [0.25, 0.3) is 0 Å². The third-order valence-corrected chi connectivity index (χ3v) is 3.22. The number of para-hydroxylation sites is 1. The molecule has 1 aromatic carbocycles. The fraction of sp³-hybridized carbons (Fsp3) is 0.600. The van der Waals surface area contributed by atoms with Crippen LogP contribution in [0.3, 0.4) is 0 Å². The number of hydrogen-bond donors (Lipinski definition) is 1. The third kappa shape index (κ3) is 3.47. The Morgan fingerprint density at radius 2 is 2.06 bits per heavy atom. The number of fused-ring (bicyclic) bond motifs is 1. The molecule has 1 aromatic rings. The summed E-state index contributed by atoms with van der Waals surface area (Å²) in [6, 6.07) is 8.82. The highest BCUT2D eigenvalue weighted by Gasteiger charge is 2.20. The molecular weight excluding hydrogens is 210 g/mol. The van der Waals surface area contributed by atoms with E-state index in [0.717, 1.165) is 25.3 Å². The van der Waals surface area contributed by atoms with E-state index in [2.05, 4.69) is 44.3 Å². The summed E-state index contributed by atoms with van der Waals surface area (Å²) in [7, 11) is 0. The van der Waals surface area contributed by atoms with E-state index in [1.165, 1.54) is 12.0 Å². The van der Waals surface area contributed by atoms with Crippen LogP contribution in [0.4, 0.5) is 0 Å². The average Bonchev–Trinajstić information content (AvgIpc) is 2.28. The Hall–Kier alpha value is -1.02. The standard InChI is InChI=1S/C15H23NO/c1-15(2,3)9-10-16-13-8-11-17-14-7-5-4-6-12(13)14/h4-7,13,16H,8-11H2,1-3H3/t13-/m0/s1. The first-order valence-electron chi connectivity index (χ1n) is 6.51. The Kier molecular flexibility index (Phi) is 3.72. The molecule has 0 saturated heterocycles. The lowest BCUT2D eigenvalue weighted by atomic mass is 9.92. The zero-order valence-electron chi connectivity index (χ0n) is 11.1. The van der Waals surface area contributed by atoms with Gasteiger partial charge in [0, 0.05) is 18.0 Å². The maximum Gasteiger partial charge on any atom is 0.124 e. The number of benzene rings is 1. The summed E-state index contributed by atoms with van der Waals surface area (Å²) in [6.07, 6.45) is 2.27. The van der Waals surface area contributed by atoms with E-state index in [9.17, 15) is 0 Å². The van der Waals surface area contributed by atoms with Crippen molar-refractivity contribution >= 4 is 0 Å². The quantitative estimate of drug-likeness (QED) is 0.862. The van der Waals surface area contributed by atoms with Crippen molar-refractivity contribution in [2.45, 2.75) is 39.7 Å². The Labute approximate surface area is 104 Å². The summed E-state index contributed by atoms with van der Waals surface area (Å²) in [5.41, 5.74) is 1.71. The summed E-state index contributed by atoms with van der Waals surface area (Å²) in [5, 5.41) is 3.65. The fourth-order valence-electron chi connectivity index (χ4n) is 2.18. The molecular formula is C15H23NO. The van der Waals surface area contributed by atoms with Crippen LogP contribution >= 0.6 is 0 Å². The second-order valence-corrected chi connectivity index (χ2v) is 5.99. The van der Waals surface area contributed by atoms with Gasteiger partial charge in [-0.05, 0) is 24.4 Å². The molecule has 1 N–H and O–H groups in total. The molecule has 1 atom stereocenters. The van der Waals surface area contributed by atoms with Crippen LogP contribution in [0.15, 0.2) is 24.3 Å². The zero-order valence-corrected chi connectivity index (χ0v) is 11.1. The highest BCUT2D eigenvalue weighted by Crippen LogP contribution is 2.31. The van der Waals surface area contributed by atoms with Crippen molar-refractivity contribution in [3.05, 3.63) is 29.8 Å². The number of rotatable bonds is 3. The van der Waals surface area contributed by atoms with E-state index < -0.39 is 0 Å². The predicted molar refractivity (Wildman–Crippen MR) is 71.4 cm³/mol. The van der Waals surface area contributed by atoms with Crippen LogP contribution in [-0.4, -0.2) is 13.2 Å². The lowest BCUT2D eigenvalue weighted by Crippen LogP contribution is -2.29. The highest BCUT2D eigenvalue weighted by atomic mass is 16.5. The highest BCUT2D eigenvalue weighted by molar-refractivity contribution is 5.37. The summed E-state index contributed by atoms with van der Waals surface area (Å²) in [5.74, 6) is 1.05. The lowest BCUT2D eigenvalue weighted by molar-refractivity contribution is 0.247. The van der Waals surface area contributed by atoms with Crippen molar-refractivity contribution in [1.82, 2.24) is 5.32 Å². The first kappa shape index (κ1) is 12.4. The smallest absolute Gasteiger partial charge is 0.124 e. The molecule has 17 heavy (non-hydrogen) atoms. The molecule has 0 bridgehead atoms. The SMILES string of the molecule is CC(C)(C)CCN[C@H]1CCOc2ccccc21. The molecule has 0 aliphatic carbocycles. The van der Waals surface area contributed by atoms with E-state index in [-0.39, 0.29) is 0 Å². The minimum absolute atomic E-state index is 0.400. The molecule has 0 fully saturated rings. The van der Waals surface area contributed by atoms with Gasteiger partial charge >= 0.3 is 0 Å². The maximum absolute atomic E-state index is 5.66. The predicted octanol–water partition coefficient (Wildman–Crippen LogP) is 3.54. The molecule has 1 aliphatic rings. The van der Waals surface area contributed by atoms with Crippen LogP contribution in [0.1, 0.15) is 45.2 Å². The summed E-state index contributed by atoms with van der Waals surface area (Å²) >= 11 is 0. The molecule has 2 rings (SSSR count). The topological polar surface area (TPSA) is 21.3 Å². The Morgan fingerprint density at radius 1 is 1.29 bits per heavy atom. The van der Waals surface area contributed by atoms with Gasteiger partial charge in [-0.2, -0.15) is 0 Å². The van der Waals surface area contributed by atoms with Crippen molar-refractivity contribution in [3.8, 4) is 5.75 Å². The van der Waals surface area contributed by atoms with E-state index in [4.69, 9.17) is 4.74 Å². The van der Waals surface area contributed by atoms with Crippen molar-refractivity contribution in [2.75, 3.05) is 13.2 Å². The first-order valence-corrected chi connectivity index (χ1v) is 6.51. The molecule has 0 aromatic heterocycles. The molecule has 0 unspecified atom stereocenters.